The van der Waals surface area contributed by atoms with Crippen molar-refractivity contribution in [3.63, 3.8) is 0 Å². The lowest BCUT2D eigenvalue weighted by Crippen LogP contribution is -2.29. The summed E-state index contributed by atoms with van der Waals surface area (Å²) >= 11 is 6.20. The van der Waals surface area contributed by atoms with E-state index in [2.05, 4.69) is 0 Å². The van der Waals surface area contributed by atoms with E-state index < -0.39 is 11.9 Å². The minimum atomic E-state index is -0.741. The molecule has 6 rings (SSSR count). The standard InChI is InChI=1S/C31H22ClNO5/c1-2-36-22-14-12-21(13-15-22)33-28(19-7-6-10-24(17-19)37-23-8-4-3-5-9-23)27-29(34)25-18-20(32)11-16-26(25)38-30(27)31(33)35/h3-18,28H,2H2,1H3. The van der Waals surface area contributed by atoms with Crippen LogP contribution < -0.4 is 19.8 Å². The van der Waals surface area contributed by atoms with E-state index in [1.807, 2.05) is 61.5 Å². The smallest absolute Gasteiger partial charge is 0.295 e. The van der Waals surface area contributed by atoms with Crippen molar-refractivity contribution in [3.8, 4) is 17.2 Å². The van der Waals surface area contributed by atoms with Crippen LogP contribution in [0.1, 0.15) is 34.6 Å². The first kappa shape index (κ1) is 23.8. The molecule has 188 valence electrons. The number of hydrogen-bond donors (Lipinski definition) is 0. The Morgan fingerprint density at radius 1 is 0.842 bits per heavy atom. The van der Waals surface area contributed by atoms with Gasteiger partial charge in [-0.3, -0.25) is 14.5 Å². The zero-order valence-corrected chi connectivity index (χ0v) is 21.1. The van der Waals surface area contributed by atoms with E-state index in [-0.39, 0.29) is 16.8 Å². The summed E-state index contributed by atoms with van der Waals surface area (Å²) in [5, 5.41) is 0.728. The third-order valence-electron chi connectivity index (χ3n) is 6.41. The van der Waals surface area contributed by atoms with E-state index in [0.29, 0.717) is 51.1 Å². The summed E-state index contributed by atoms with van der Waals surface area (Å²) in [7, 11) is 0. The summed E-state index contributed by atoms with van der Waals surface area (Å²) in [6, 6.07) is 28.0. The fraction of sp³-hybridized carbons (Fsp3) is 0.0968. The molecule has 0 bridgehead atoms. The van der Waals surface area contributed by atoms with Gasteiger partial charge >= 0.3 is 0 Å². The van der Waals surface area contributed by atoms with Gasteiger partial charge in [-0.15, -0.1) is 0 Å². The molecule has 1 aliphatic heterocycles. The van der Waals surface area contributed by atoms with Crippen LogP contribution >= 0.6 is 11.6 Å². The van der Waals surface area contributed by atoms with E-state index in [4.69, 9.17) is 25.5 Å². The van der Waals surface area contributed by atoms with E-state index >= 15 is 0 Å². The van der Waals surface area contributed by atoms with Crippen LogP contribution in [0.5, 0.6) is 17.2 Å². The molecule has 38 heavy (non-hydrogen) atoms. The van der Waals surface area contributed by atoms with Gasteiger partial charge in [-0.25, -0.2) is 0 Å². The highest BCUT2D eigenvalue weighted by Gasteiger charge is 2.43. The fourth-order valence-corrected chi connectivity index (χ4v) is 4.94. The molecule has 0 fully saturated rings. The molecule has 0 saturated carbocycles. The number of para-hydroxylation sites is 1. The number of carbonyl (C=O) groups is 1. The van der Waals surface area contributed by atoms with Crippen molar-refractivity contribution in [2.24, 2.45) is 0 Å². The van der Waals surface area contributed by atoms with E-state index in [0.717, 1.165) is 0 Å². The lowest BCUT2D eigenvalue weighted by Gasteiger charge is -2.25. The van der Waals surface area contributed by atoms with Gasteiger partial charge in [-0.2, -0.15) is 0 Å². The van der Waals surface area contributed by atoms with Crippen LogP contribution in [0.3, 0.4) is 0 Å². The Kier molecular flexibility index (Phi) is 6.10. The predicted octanol–water partition coefficient (Wildman–Crippen LogP) is 7.39. The molecule has 1 unspecified atom stereocenters. The van der Waals surface area contributed by atoms with Gasteiger partial charge < -0.3 is 13.9 Å². The second-order valence-corrected chi connectivity index (χ2v) is 9.24. The number of nitrogens with zero attached hydrogens (tertiary/aromatic N) is 1. The maximum absolute atomic E-state index is 13.8. The molecule has 0 radical (unpaired) electrons. The number of benzene rings is 4. The molecular formula is C31H22ClNO5. The molecule has 0 N–H and O–H groups in total. The van der Waals surface area contributed by atoms with Gasteiger partial charge in [-0.1, -0.05) is 41.9 Å². The van der Waals surface area contributed by atoms with Gasteiger partial charge in [0.2, 0.25) is 5.76 Å². The van der Waals surface area contributed by atoms with Crippen LogP contribution in [0, 0.1) is 0 Å². The van der Waals surface area contributed by atoms with Gasteiger partial charge in [0.15, 0.2) is 5.43 Å². The number of anilines is 1. The molecule has 2 heterocycles. The van der Waals surface area contributed by atoms with Crippen molar-refractivity contribution >= 4 is 34.2 Å². The molecule has 7 heteroatoms. The second kappa shape index (κ2) is 9.72. The molecule has 1 aliphatic rings. The van der Waals surface area contributed by atoms with Gasteiger partial charge in [0, 0.05) is 10.7 Å². The SMILES string of the molecule is CCOc1ccc(N2C(=O)c3oc4ccc(Cl)cc4c(=O)c3C2c2cccc(Oc3ccccc3)c2)cc1. The molecule has 4 aromatic carbocycles. The molecule has 0 spiro atoms. The van der Waals surface area contributed by atoms with E-state index in [1.54, 1.807) is 47.4 Å². The highest BCUT2D eigenvalue weighted by Crippen LogP contribution is 2.42. The highest BCUT2D eigenvalue weighted by atomic mass is 35.5. The average molecular weight is 524 g/mol. The van der Waals surface area contributed by atoms with Crippen LogP contribution in [-0.2, 0) is 0 Å². The molecule has 1 atom stereocenters. The maximum Gasteiger partial charge on any atom is 0.295 e. The topological polar surface area (TPSA) is 69.0 Å². The Bertz CT molecular complexity index is 1710. The minimum Gasteiger partial charge on any atom is -0.494 e. The lowest BCUT2D eigenvalue weighted by atomic mass is 9.98. The molecular weight excluding hydrogens is 502 g/mol. The maximum atomic E-state index is 13.8. The van der Waals surface area contributed by atoms with E-state index in [9.17, 15) is 9.59 Å². The number of ether oxygens (including phenoxy) is 2. The molecule has 0 saturated heterocycles. The molecule has 0 aliphatic carbocycles. The Hall–Kier alpha value is -4.55. The van der Waals surface area contributed by atoms with Gasteiger partial charge in [-0.05, 0) is 79.2 Å². The third kappa shape index (κ3) is 4.19. The largest absolute Gasteiger partial charge is 0.494 e. The van der Waals surface area contributed by atoms with Crippen LogP contribution in [0.25, 0.3) is 11.0 Å². The van der Waals surface area contributed by atoms with Gasteiger partial charge in [0.05, 0.1) is 23.6 Å². The van der Waals surface area contributed by atoms with E-state index in [1.165, 1.54) is 0 Å². The van der Waals surface area contributed by atoms with Crippen molar-refractivity contribution in [1.29, 1.82) is 0 Å². The molecule has 6 nitrogen and oxygen atoms in total. The molecule has 5 aromatic rings. The van der Waals surface area contributed by atoms with Gasteiger partial charge in [0.25, 0.3) is 5.91 Å². The van der Waals surface area contributed by atoms with Crippen LogP contribution in [0.4, 0.5) is 5.69 Å². The zero-order valence-electron chi connectivity index (χ0n) is 20.4. The van der Waals surface area contributed by atoms with Crippen molar-refractivity contribution in [2.45, 2.75) is 13.0 Å². The highest BCUT2D eigenvalue weighted by molar-refractivity contribution is 6.31. The third-order valence-corrected chi connectivity index (χ3v) is 6.65. The first-order valence-corrected chi connectivity index (χ1v) is 12.6. The Balaban J connectivity index is 1.53. The zero-order chi connectivity index (χ0) is 26.2. The summed E-state index contributed by atoms with van der Waals surface area (Å²) in [6.45, 7) is 2.43. The fourth-order valence-electron chi connectivity index (χ4n) is 4.77. The Labute approximate surface area is 223 Å². The Morgan fingerprint density at radius 2 is 1.61 bits per heavy atom. The number of fused-ring (bicyclic) bond motifs is 2. The molecule has 1 aromatic heterocycles. The summed E-state index contributed by atoms with van der Waals surface area (Å²) in [6.07, 6.45) is 0. The normalized spacial score (nSPS) is 14.5. The quantitative estimate of drug-likeness (QED) is 0.232. The summed E-state index contributed by atoms with van der Waals surface area (Å²) < 4.78 is 17.7. The van der Waals surface area contributed by atoms with Crippen molar-refractivity contribution in [3.05, 3.63) is 129 Å². The van der Waals surface area contributed by atoms with Crippen LogP contribution in [-0.4, -0.2) is 12.5 Å². The first-order valence-electron chi connectivity index (χ1n) is 12.2. The predicted molar refractivity (Wildman–Crippen MR) is 147 cm³/mol. The monoisotopic (exact) mass is 523 g/mol. The van der Waals surface area contributed by atoms with Crippen molar-refractivity contribution < 1.29 is 18.7 Å². The number of amides is 1. The summed E-state index contributed by atoms with van der Waals surface area (Å²) in [5.74, 6) is 1.55. The number of halogens is 1. The minimum absolute atomic E-state index is 0.0121. The first-order chi connectivity index (χ1) is 18.5. The summed E-state index contributed by atoms with van der Waals surface area (Å²) in [4.78, 5) is 29.3. The van der Waals surface area contributed by atoms with Crippen LogP contribution in [0.15, 0.2) is 106 Å². The Morgan fingerprint density at radius 3 is 2.37 bits per heavy atom. The number of rotatable bonds is 6. The summed E-state index contributed by atoms with van der Waals surface area (Å²) in [5.41, 5.74) is 1.57. The second-order valence-electron chi connectivity index (χ2n) is 8.81. The average Bonchev–Trinajstić information content (AvgIpc) is 3.23. The lowest BCUT2D eigenvalue weighted by molar-refractivity contribution is 0.0971. The molecule has 1 amide bonds. The van der Waals surface area contributed by atoms with Crippen molar-refractivity contribution in [1.82, 2.24) is 0 Å². The van der Waals surface area contributed by atoms with Crippen molar-refractivity contribution in [2.75, 3.05) is 11.5 Å². The number of carbonyl (C=O) groups excluding carboxylic acids is 1. The van der Waals surface area contributed by atoms with Crippen LogP contribution in [0.2, 0.25) is 5.02 Å². The number of hydrogen-bond acceptors (Lipinski definition) is 5. The van der Waals surface area contributed by atoms with Gasteiger partial charge in [0.1, 0.15) is 22.8 Å².